The largest absolute Gasteiger partial charge is 0.353 e. The molecule has 0 unspecified atom stereocenters. The molecule has 0 saturated heterocycles. The number of amides is 1. The van der Waals surface area contributed by atoms with Crippen molar-refractivity contribution in [2.45, 2.75) is 6.54 Å². The highest BCUT2D eigenvalue weighted by atomic mass is 32.2. The van der Waals surface area contributed by atoms with Gasteiger partial charge in [0.25, 0.3) is 5.56 Å². The molecule has 154 valence electrons. The minimum absolute atomic E-state index is 0.0984. The van der Waals surface area contributed by atoms with Gasteiger partial charge in [0, 0.05) is 18.9 Å². The third-order valence-electron chi connectivity index (χ3n) is 4.41. The molecule has 0 fully saturated rings. The van der Waals surface area contributed by atoms with Crippen LogP contribution in [0.3, 0.4) is 0 Å². The van der Waals surface area contributed by atoms with E-state index in [-0.39, 0.29) is 24.4 Å². The highest BCUT2D eigenvalue weighted by Gasteiger charge is 2.13. The predicted octanol–water partition coefficient (Wildman–Crippen LogP) is 0.602. The molecule has 4 rings (SSSR count). The zero-order valence-corrected chi connectivity index (χ0v) is 16.5. The number of sulfonamides is 1. The van der Waals surface area contributed by atoms with Crippen LogP contribution in [0, 0.1) is 0 Å². The number of nitrogens with one attached hydrogen (secondary N) is 2. The van der Waals surface area contributed by atoms with E-state index in [9.17, 15) is 18.0 Å². The van der Waals surface area contributed by atoms with Gasteiger partial charge in [0.2, 0.25) is 15.9 Å². The topological polar surface area (TPSA) is 127 Å². The number of hydrogen-bond donors (Lipinski definition) is 2. The molecule has 0 aliphatic heterocycles. The molecule has 0 aliphatic carbocycles. The summed E-state index contributed by atoms with van der Waals surface area (Å²) in [6.45, 7) is -0.346. The monoisotopic (exact) mass is 426 g/mol. The summed E-state index contributed by atoms with van der Waals surface area (Å²) in [5, 5.41) is 6.97. The van der Waals surface area contributed by atoms with Crippen molar-refractivity contribution in [3.05, 3.63) is 71.5 Å². The maximum absolute atomic E-state index is 12.4. The van der Waals surface area contributed by atoms with Gasteiger partial charge in [0.1, 0.15) is 6.54 Å². The third kappa shape index (κ3) is 4.30. The lowest BCUT2D eigenvalue weighted by Crippen LogP contribution is -2.35. The normalized spacial score (nSPS) is 11.6. The van der Waals surface area contributed by atoms with E-state index in [1.807, 2.05) is 0 Å². The molecule has 10 nitrogen and oxygen atoms in total. The Morgan fingerprint density at radius 3 is 2.83 bits per heavy atom. The summed E-state index contributed by atoms with van der Waals surface area (Å²) in [5.74, 6) is -0.793. The van der Waals surface area contributed by atoms with Gasteiger partial charge in [-0.15, -0.1) is 0 Å². The lowest BCUT2D eigenvalue weighted by Gasteiger charge is -2.10. The van der Waals surface area contributed by atoms with Crippen LogP contribution in [0.5, 0.6) is 0 Å². The fourth-order valence-electron chi connectivity index (χ4n) is 2.97. The molecular weight excluding hydrogens is 408 g/mol. The second-order valence-electron chi connectivity index (χ2n) is 6.58. The van der Waals surface area contributed by atoms with Gasteiger partial charge in [-0.05, 0) is 30.3 Å². The van der Waals surface area contributed by atoms with Crippen molar-refractivity contribution in [1.29, 1.82) is 0 Å². The number of hydrogen-bond acceptors (Lipinski definition) is 6. The van der Waals surface area contributed by atoms with Gasteiger partial charge in [0.05, 0.1) is 34.2 Å². The Hall–Kier alpha value is -3.73. The molecule has 2 N–H and O–H groups in total. The standard InChI is InChI=1S/C19H18N6O4S/c26-18(12-24-13-21-17-4-2-1-3-16(17)19(24)27)20-8-10-30(28,29)23-14-6-9-25-15(11-14)5-7-22-25/h1-7,9,11,13,23H,8,10,12H2,(H,20,26). The Bertz CT molecular complexity index is 1390. The number of pyridine rings is 1. The highest BCUT2D eigenvalue weighted by molar-refractivity contribution is 7.92. The fourth-order valence-corrected chi connectivity index (χ4v) is 3.93. The summed E-state index contributed by atoms with van der Waals surface area (Å²) in [5.41, 5.74) is 1.37. The first-order valence-electron chi connectivity index (χ1n) is 9.06. The maximum atomic E-state index is 12.4. The lowest BCUT2D eigenvalue weighted by molar-refractivity contribution is -0.121. The molecule has 3 heterocycles. The quantitative estimate of drug-likeness (QED) is 0.446. The first-order chi connectivity index (χ1) is 14.4. The SMILES string of the molecule is O=C(Cn1cnc2ccccc2c1=O)NCCS(=O)(=O)Nc1ccn2nccc2c1. The van der Waals surface area contributed by atoms with Crippen molar-refractivity contribution in [2.75, 3.05) is 17.0 Å². The smallest absolute Gasteiger partial charge is 0.261 e. The van der Waals surface area contributed by atoms with E-state index in [4.69, 9.17) is 0 Å². The Balaban J connectivity index is 1.33. The van der Waals surface area contributed by atoms with E-state index in [1.54, 1.807) is 59.4 Å². The minimum atomic E-state index is -3.67. The molecule has 0 bridgehead atoms. The number of carbonyl (C=O) groups is 1. The molecule has 4 aromatic rings. The van der Waals surface area contributed by atoms with Crippen LogP contribution in [-0.4, -0.2) is 45.8 Å². The molecule has 0 spiro atoms. The fraction of sp³-hybridized carbons (Fsp3) is 0.158. The van der Waals surface area contributed by atoms with Crippen molar-refractivity contribution >= 4 is 38.0 Å². The van der Waals surface area contributed by atoms with Gasteiger partial charge in [-0.3, -0.25) is 18.9 Å². The van der Waals surface area contributed by atoms with Crippen molar-refractivity contribution in [2.24, 2.45) is 0 Å². The maximum Gasteiger partial charge on any atom is 0.261 e. The molecule has 1 amide bonds. The number of para-hydroxylation sites is 1. The molecule has 0 aliphatic rings. The van der Waals surface area contributed by atoms with Gasteiger partial charge < -0.3 is 5.32 Å². The van der Waals surface area contributed by atoms with Crippen molar-refractivity contribution in [1.82, 2.24) is 24.5 Å². The van der Waals surface area contributed by atoms with Gasteiger partial charge in [-0.1, -0.05) is 12.1 Å². The molecular formula is C19H18N6O4S. The lowest BCUT2D eigenvalue weighted by atomic mass is 10.2. The second-order valence-corrected chi connectivity index (χ2v) is 8.42. The highest BCUT2D eigenvalue weighted by Crippen LogP contribution is 2.13. The van der Waals surface area contributed by atoms with Crippen molar-refractivity contribution in [3.63, 3.8) is 0 Å². The van der Waals surface area contributed by atoms with E-state index >= 15 is 0 Å². The number of anilines is 1. The summed E-state index contributed by atoms with van der Waals surface area (Å²) in [6.07, 6.45) is 4.55. The van der Waals surface area contributed by atoms with Crippen LogP contribution in [0.2, 0.25) is 0 Å². The van der Waals surface area contributed by atoms with E-state index in [0.29, 0.717) is 16.6 Å². The van der Waals surface area contributed by atoms with Gasteiger partial charge >= 0.3 is 0 Å². The van der Waals surface area contributed by atoms with Crippen LogP contribution in [0.25, 0.3) is 16.4 Å². The van der Waals surface area contributed by atoms with Gasteiger partial charge in [-0.25, -0.2) is 17.9 Å². The molecule has 30 heavy (non-hydrogen) atoms. The van der Waals surface area contributed by atoms with Crippen LogP contribution < -0.4 is 15.6 Å². The van der Waals surface area contributed by atoms with Crippen molar-refractivity contribution in [3.8, 4) is 0 Å². The van der Waals surface area contributed by atoms with Crippen LogP contribution in [0.4, 0.5) is 5.69 Å². The Kier molecular flexibility index (Phi) is 5.19. The van der Waals surface area contributed by atoms with Gasteiger partial charge in [-0.2, -0.15) is 5.10 Å². The van der Waals surface area contributed by atoms with E-state index in [0.717, 1.165) is 5.52 Å². The first kappa shape index (κ1) is 19.6. The Morgan fingerprint density at radius 2 is 1.97 bits per heavy atom. The zero-order chi connectivity index (χ0) is 21.1. The summed E-state index contributed by atoms with van der Waals surface area (Å²) in [7, 11) is -3.67. The molecule has 0 atom stereocenters. The number of carbonyl (C=O) groups excluding carboxylic acids is 1. The summed E-state index contributed by atoms with van der Waals surface area (Å²) in [6, 6.07) is 11.8. The van der Waals surface area contributed by atoms with Crippen LogP contribution in [0.1, 0.15) is 0 Å². The van der Waals surface area contributed by atoms with Crippen molar-refractivity contribution < 1.29 is 13.2 Å². The second kappa shape index (κ2) is 7.95. The van der Waals surface area contributed by atoms with E-state index in [2.05, 4.69) is 20.1 Å². The molecule has 0 radical (unpaired) electrons. The average Bonchev–Trinajstić information content (AvgIpc) is 3.17. The number of nitrogens with zero attached hydrogens (tertiary/aromatic N) is 4. The summed E-state index contributed by atoms with van der Waals surface area (Å²) < 4.78 is 29.8. The van der Waals surface area contributed by atoms with E-state index in [1.165, 1.54) is 10.9 Å². The average molecular weight is 426 g/mol. The predicted molar refractivity (Wildman–Crippen MR) is 112 cm³/mol. The summed E-state index contributed by atoms with van der Waals surface area (Å²) >= 11 is 0. The number of rotatable bonds is 7. The summed E-state index contributed by atoms with van der Waals surface area (Å²) in [4.78, 5) is 28.7. The van der Waals surface area contributed by atoms with Crippen LogP contribution in [0.15, 0.2) is 66.0 Å². The zero-order valence-electron chi connectivity index (χ0n) is 15.7. The number of aromatic nitrogens is 4. The first-order valence-corrected chi connectivity index (χ1v) is 10.7. The number of fused-ring (bicyclic) bond motifs is 2. The third-order valence-corrected chi connectivity index (χ3v) is 5.70. The van der Waals surface area contributed by atoms with Gasteiger partial charge in [0.15, 0.2) is 0 Å². The number of benzene rings is 1. The Morgan fingerprint density at radius 1 is 1.13 bits per heavy atom. The molecule has 1 aromatic carbocycles. The van der Waals surface area contributed by atoms with Crippen LogP contribution >= 0.6 is 0 Å². The molecule has 3 aromatic heterocycles. The van der Waals surface area contributed by atoms with E-state index < -0.39 is 15.9 Å². The molecule has 0 saturated carbocycles. The minimum Gasteiger partial charge on any atom is -0.353 e. The van der Waals surface area contributed by atoms with Crippen LogP contribution in [-0.2, 0) is 21.4 Å². The Labute approximate surface area is 171 Å². The molecule has 11 heteroatoms.